The van der Waals surface area contributed by atoms with E-state index >= 15 is 0 Å². The van der Waals surface area contributed by atoms with Gasteiger partial charge in [-0.1, -0.05) is 158 Å². The molecule has 0 aliphatic heterocycles. The molecule has 8 aromatic carbocycles. The highest BCUT2D eigenvalue weighted by atomic mass is 15.0. The van der Waals surface area contributed by atoms with Crippen molar-refractivity contribution < 1.29 is 0 Å². The quantitative estimate of drug-likeness (QED) is 0.180. The van der Waals surface area contributed by atoms with Gasteiger partial charge < -0.3 is 9.13 Å². The molecule has 1 aliphatic carbocycles. The summed E-state index contributed by atoms with van der Waals surface area (Å²) in [5.74, 6) is 0. The maximum Gasteiger partial charge on any atom is 0.0788 e. The SMILES string of the molecule is c1ccc(-n2c3ccccc3c3ccc4c5ccccc5n(-c5ccc6c(c5)C(c5ccccc5)(c5ccccc5)c5ccccc5-6)c4c32)cc1. The molecule has 0 atom stereocenters. The van der Waals surface area contributed by atoms with Gasteiger partial charge in [-0.15, -0.1) is 0 Å². The molecule has 238 valence electrons. The maximum absolute atomic E-state index is 2.52. The molecule has 0 bridgehead atoms. The van der Waals surface area contributed by atoms with E-state index in [1.807, 2.05) is 0 Å². The average molecular weight is 649 g/mol. The maximum atomic E-state index is 2.52. The van der Waals surface area contributed by atoms with Crippen LogP contribution in [-0.2, 0) is 5.41 Å². The molecule has 2 nitrogen and oxygen atoms in total. The topological polar surface area (TPSA) is 9.86 Å². The Bertz CT molecular complexity index is 2910. The van der Waals surface area contributed by atoms with E-state index < -0.39 is 5.41 Å². The van der Waals surface area contributed by atoms with Crippen molar-refractivity contribution in [2.24, 2.45) is 0 Å². The molecule has 11 rings (SSSR count). The van der Waals surface area contributed by atoms with E-state index in [4.69, 9.17) is 0 Å². The smallest absolute Gasteiger partial charge is 0.0788 e. The average Bonchev–Trinajstić information content (AvgIpc) is 3.83. The minimum Gasteiger partial charge on any atom is -0.307 e. The van der Waals surface area contributed by atoms with Crippen molar-refractivity contribution in [2.75, 3.05) is 0 Å². The molecule has 0 spiro atoms. The van der Waals surface area contributed by atoms with E-state index in [0.717, 1.165) is 11.4 Å². The number of nitrogens with zero attached hydrogens (tertiary/aromatic N) is 2. The fourth-order valence-corrected chi connectivity index (χ4v) is 9.19. The Morgan fingerprint density at radius 1 is 0.314 bits per heavy atom. The summed E-state index contributed by atoms with van der Waals surface area (Å²) >= 11 is 0. The third-order valence-corrected chi connectivity index (χ3v) is 11.2. The number of hydrogen-bond acceptors (Lipinski definition) is 0. The van der Waals surface area contributed by atoms with Crippen LogP contribution in [-0.4, -0.2) is 9.13 Å². The van der Waals surface area contributed by atoms with E-state index in [0.29, 0.717) is 0 Å². The van der Waals surface area contributed by atoms with Crippen LogP contribution < -0.4 is 0 Å². The Morgan fingerprint density at radius 3 is 1.39 bits per heavy atom. The van der Waals surface area contributed by atoms with Crippen molar-refractivity contribution in [2.45, 2.75) is 5.41 Å². The summed E-state index contributed by atoms with van der Waals surface area (Å²) in [4.78, 5) is 0. The fraction of sp³-hybridized carbons (Fsp3) is 0.0204. The van der Waals surface area contributed by atoms with Gasteiger partial charge in [0.1, 0.15) is 0 Å². The van der Waals surface area contributed by atoms with E-state index in [-0.39, 0.29) is 0 Å². The molecule has 0 N–H and O–H groups in total. The van der Waals surface area contributed by atoms with E-state index in [9.17, 15) is 0 Å². The standard InChI is InChI=1S/C49H32N2/c1-4-16-33(17-5-1)49(34-18-6-2-7-19-34)43-25-13-10-22-37(43)38-29-28-36(32-44(38)49)51-46-27-15-12-24-40(46)42-31-30-41-39-23-11-14-26-45(39)50(47(41)48(42)51)35-20-8-3-9-21-35/h1-32H. The third kappa shape index (κ3) is 3.76. The van der Waals surface area contributed by atoms with Gasteiger partial charge in [0, 0.05) is 32.9 Å². The lowest BCUT2D eigenvalue weighted by Gasteiger charge is -2.34. The van der Waals surface area contributed by atoms with Crippen LogP contribution in [0.4, 0.5) is 0 Å². The predicted octanol–water partition coefficient (Wildman–Crippen LogP) is 12.2. The fourth-order valence-electron chi connectivity index (χ4n) is 9.19. The van der Waals surface area contributed by atoms with Crippen LogP contribution in [0.2, 0.25) is 0 Å². The normalized spacial score (nSPS) is 13.3. The Balaban J connectivity index is 1.31. The third-order valence-electron chi connectivity index (χ3n) is 11.2. The molecule has 2 heterocycles. The lowest BCUT2D eigenvalue weighted by Crippen LogP contribution is -2.28. The number of hydrogen-bond donors (Lipinski definition) is 0. The molecule has 0 amide bonds. The molecule has 10 aromatic rings. The summed E-state index contributed by atoms with van der Waals surface area (Å²) < 4.78 is 4.99. The lowest BCUT2D eigenvalue weighted by atomic mass is 9.67. The van der Waals surface area contributed by atoms with E-state index in [1.54, 1.807) is 0 Å². The van der Waals surface area contributed by atoms with Gasteiger partial charge in [0.25, 0.3) is 0 Å². The zero-order chi connectivity index (χ0) is 33.5. The van der Waals surface area contributed by atoms with Crippen molar-refractivity contribution in [3.8, 4) is 22.5 Å². The van der Waals surface area contributed by atoms with Crippen molar-refractivity contribution in [3.05, 3.63) is 216 Å². The molecular weight excluding hydrogens is 617 g/mol. The van der Waals surface area contributed by atoms with E-state index in [2.05, 4.69) is 203 Å². The molecule has 0 radical (unpaired) electrons. The van der Waals surface area contributed by atoms with Crippen LogP contribution in [0.25, 0.3) is 66.1 Å². The highest BCUT2D eigenvalue weighted by molar-refractivity contribution is 6.23. The first-order valence-electron chi connectivity index (χ1n) is 17.7. The zero-order valence-electron chi connectivity index (χ0n) is 27.9. The molecule has 0 unspecified atom stereocenters. The van der Waals surface area contributed by atoms with Crippen LogP contribution in [0.3, 0.4) is 0 Å². The Morgan fingerprint density at radius 2 is 0.784 bits per heavy atom. The second-order valence-electron chi connectivity index (χ2n) is 13.7. The summed E-state index contributed by atoms with van der Waals surface area (Å²) in [7, 11) is 0. The van der Waals surface area contributed by atoms with Crippen molar-refractivity contribution >= 4 is 43.6 Å². The van der Waals surface area contributed by atoms with Crippen LogP contribution in [0.15, 0.2) is 194 Å². The molecule has 1 aliphatic rings. The second kappa shape index (κ2) is 10.7. The van der Waals surface area contributed by atoms with Crippen LogP contribution in [0.5, 0.6) is 0 Å². The number of para-hydroxylation sites is 3. The zero-order valence-corrected chi connectivity index (χ0v) is 27.9. The number of rotatable bonds is 4. The summed E-state index contributed by atoms with van der Waals surface area (Å²) in [6.07, 6.45) is 0. The first kappa shape index (κ1) is 28.2. The van der Waals surface area contributed by atoms with Gasteiger partial charge in [0.05, 0.1) is 27.5 Å². The van der Waals surface area contributed by atoms with Crippen LogP contribution >= 0.6 is 0 Å². The molecule has 51 heavy (non-hydrogen) atoms. The van der Waals surface area contributed by atoms with Crippen molar-refractivity contribution in [1.82, 2.24) is 9.13 Å². The van der Waals surface area contributed by atoms with Crippen molar-refractivity contribution in [1.29, 1.82) is 0 Å². The van der Waals surface area contributed by atoms with Gasteiger partial charge in [0.15, 0.2) is 0 Å². The minimum absolute atomic E-state index is 0.475. The molecule has 0 fully saturated rings. The molecule has 2 heteroatoms. The van der Waals surface area contributed by atoms with Crippen LogP contribution in [0.1, 0.15) is 22.3 Å². The second-order valence-corrected chi connectivity index (χ2v) is 13.7. The Kier molecular flexibility index (Phi) is 5.91. The Labute approximate surface area is 296 Å². The first-order chi connectivity index (χ1) is 25.3. The lowest BCUT2D eigenvalue weighted by molar-refractivity contribution is 0.767. The van der Waals surface area contributed by atoms with Gasteiger partial charge in [-0.25, -0.2) is 0 Å². The predicted molar refractivity (Wildman–Crippen MR) is 212 cm³/mol. The summed E-state index contributed by atoms with van der Waals surface area (Å²) in [5.41, 5.74) is 14.4. The molecular formula is C49H32N2. The highest BCUT2D eigenvalue weighted by Gasteiger charge is 2.46. The number of fused-ring (bicyclic) bond motifs is 10. The summed E-state index contributed by atoms with van der Waals surface area (Å²) in [6, 6.07) is 71.5. The molecule has 2 aromatic heterocycles. The number of benzene rings is 8. The minimum atomic E-state index is -0.475. The van der Waals surface area contributed by atoms with Gasteiger partial charge >= 0.3 is 0 Å². The van der Waals surface area contributed by atoms with Gasteiger partial charge in [-0.3, -0.25) is 0 Å². The molecule has 0 saturated heterocycles. The van der Waals surface area contributed by atoms with Gasteiger partial charge in [0.2, 0.25) is 0 Å². The van der Waals surface area contributed by atoms with Crippen molar-refractivity contribution in [3.63, 3.8) is 0 Å². The number of aromatic nitrogens is 2. The van der Waals surface area contributed by atoms with Crippen LogP contribution in [0, 0.1) is 0 Å². The monoisotopic (exact) mass is 648 g/mol. The molecule has 0 saturated carbocycles. The Hall–Kier alpha value is -6.64. The summed E-state index contributed by atoms with van der Waals surface area (Å²) in [5, 5.41) is 5.01. The van der Waals surface area contributed by atoms with Gasteiger partial charge in [-0.2, -0.15) is 0 Å². The first-order valence-corrected chi connectivity index (χ1v) is 17.7. The largest absolute Gasteiger partial charge is 0.307 e. The summed E-state index contributed by atoms with van der Waals surface area (Å²) in [6.45, 7) is 0. The van der Waals surface area contributed by atoms with Gasteiger partial charge in [-0.05, 0) is 69.8 Å². The highest BCUT2D eigenvalue weighted by Crippen LogP contribution is 2.56. The van der Waals surface area contributed by atoms with E-state index in [1.165, 1.54) is 77.0 Å².